The lowest BCUT2D eigenvalue weighted by atomic mass is 10.1. The molecule has 0 aliphatic carbocycles. The summed E-state index contributed by atoms with van der Waals surface area (Å²) < 4.78 is 14.6. The Morgan fingerprint density at radius 1 is 1.13 bits per heavy atom. The van der Waals surface area contributed by atoms with Gasteiger partial charge in [0.25, 0.3) is 11.8 Å². The molecule has 0 radical (unpaired) electrons. The lowest BCUT2D eigenvalue weighted by molar-refractivity contribution is 0.0949. The third-order valence-electron chi connectivity index (χ3n) is 5.57. The van der Waals surface area contributed by atoms with Gasteiger partial charge in [-0.2, -0.15) is 0 Å². The smallest absolute Gasteiger partial charge is 0.274 e. The zero-order valence-electron chi connectivity index (χ0n) is 22.8. The summed E-state index contributed by atoms with van der Waals surface area (Å²) in [6.07, 6.45) is 8.93. The van der Waals surface area contributed by atoms with Crippen LogP contribution in [0.1, 0.15) is 67.8 Å². The van der Waals surface area contributed by atoms with E-state index in [4.69, 9.17) is 5.26 Å². The normalized spacial score (nSPS) is 13.2. The van der Waals surface area contributed by atoms with E-state index in [1.165, 1.54) is 24.6 Å². The van der Waals surface area contributed by atoms with Crippen molar-refractivity contribution in [2.24, 2.45) is 0 Å². The molecule has 3 rings (SSSR count). The Labute approximate surface area is 225 Å². The van der Waals surface area contributed by atoms with E-state index in [0.717, 1.165) is 31.6 Å². The fraction of sp³-hybridized carbons (Fsp3) is 0.333. The minimum Gasteiger partial charge on any atom is -0.370 e. The molecule has 1 aliphatic heterocycles. The van der Waals surface area contributed by atoms with Gasteiger partial charge in [0.05, 0.1) is 17.1 Å². The fourth-order valence-electron chi connectivity index (χ4n) is 3.90. The van der Waals surface area contributed by atoms with Crippen molar-refractivity contribution >= 4 is 11.8 Å². The minimum atomic E-state index is -0.523. The molecule has 38 heavy (non-hydrogen) atoms. The molecule has 0 unspecified atom stereocenters. The van der Waals surface area contributed by atoms with Crippen LogP contribution in [0.15, 0.2) is 72.6 Å². The molecule has 2 aromatic rings. The number of piperidine rings is 1. The van der Waals surface area contributed by atoms with E-state index in [0.29, 0.717) is 17.8 Å². The summed E-state index contributed by atoms with van der Waals surface area (Å²) in [4.78, 5) is 31.9. The topological polar surface area (TPSA) is 98.1 Å². The van der Waals surface area contributed by atoms with Gasteiger partial charge in [-0.25, -0.2) is 14.6 Å². The van der Waals surface area contributed by atoms with Crippen LogP contribution in [0.25, 0.3) is 11.3 Å². The monoisotopic (exact) mass is 519 g/mol. The van der Waals surface area contributed by atoms with Gasteiger partial charge >= 0.3 is 0 Å². The van der Waals surface area contributed by atoms with Gasteiger partial charge in [0, 0.05) is 37.3 Å². The maximum atomic E-state index is 14.6. The zero-order chi connectivity index (χ0) is 28.5. The number of carbonyl (C=O) groups is 2. The Hall–Kier alpha value is -4.25. The number of rotatable bonds is 8. The third-order valence-corrected chi connectivity index (χ3v) is 5.57. The summed E-state index contributed by atoms with van der Waals surface area (Å²) in [5.74, 6) is -1.24. The Kier molecular flexibility index (Phi) is 14.4. The van der Waals surface area contributed by atoms with Crippen LogP contribution in [0.2, 0.25) is 0 Å². The first kappa shape index (κ1) is 31.8. The predicted molar refractivity (Wildman–Crippen MR) is 151 cm³/mol. The molecular formula is C30H38FN5O2. The number of nitriles is 1. The average molecular weight is 520 g/mol. The van der Waals surface area contributed by atoms with Crippen LogP contribution < -0.4 is 10.6 Å². The number of likely N-dealkylation sites (tertiary alicyclic amines) is 1. The van der Waals surface area contributed by atoms with Crippen molar-refractivity contribution < 1.29 is 14.0 Å². The van der Waals surface area contributed by atoms with Crippen LogP contribution in [-0.2, 0) is 0 Å². The molecule has 0 spiro atoms. The van der Waals surface area contributed by atoms with E-state index in [2.05, 4.69) is 33.7 Å². The van der Waals surface area contributed by atoms with Crippen molar-refractivity contribution in [3.8, 4) is 17.8 Å². The minimum absolute atomic E-state index is 0.137. The molecule has 2 heterocycles. The van der Waals surface area contributed by atoms with Crippen LogP contribution in [0.3, 0.4) is 0 Å². The number of allylic oxidation sites excluding steroid dienone is 3. The average Bonchev–Trinajstić information content (AvgIpc) is 2.97. The van der Waals surface area contributed by atoms with Crippen LogP contribution in [0.5, 0.6) is 0 Å². The number of nitrogens with zero attached hydrogens (tertiary/aromatic N) is 3. The van der Waals surface area contributed by atoms with Crippen LogP contribution in [-0.4, -0.2) is 41.3 Å². The van der Waals surface area contributed by atoms with Gasteiger partial charge in [0.15, 0.2) is 0 Å². The molecule has 7 nitrogen and oxygen atoms in total. The van der Waals surface area contributed by atoms with Crippen molar-refractivity contribution in [1.82, 2.24) is 20.5 Å². The van der Waals surface area contributed by atoms with Crippen molar-refractivity contribution in [1.29, 1.82) is 5.26 Å². The fourth-order valence-corrected chi connectivity index (χ4v) is 3.90. The van der Waals surface area contributed by atoms with Gasteiger partial charge < -0.3 is 15.5 Å². The second kappa shape index (κ2) is 17.2. The highest BCUT2D eigenvalue weighted by atomic mass is 19.1. The van der Waals surface area contributed by atoms with Gasteiger partial charge in [-0.3, -0.25) is 9.59 Å². The van der Waals surface area contributed by atoms with Crippen molar-refractivity contribution in [2.45, 2.75) is 47.0 Å². The number of pyridine rings is 1. The summed E-state index contributed by atoms with van der Waals surface area (Å²) in [7, 11) is 0. The Morgan fingerprint density at radius 3 is 2.42 bits per heavy atom. The van der Waals surface area contributed by atoms with Crippen LogP contribution >= 0.6 is 0 Å². The summed E-state index contributed by atoms with van der Waals surface area (Å²) in [5, 5.41) is 12.1. The molecule has 202 valence electrons. The molecule has 2 N–H and O–H groups in total. The van der Waals surface area contributed by atoms with Gasteiger partial charge in [-0.05, 0) is 75.6 Å². The number of nitrogens with one attached hydrogen (secondary N) is 2. The summed E-state index contributed by atoms with van der Waals surface area (Å²) in [6.45, 7) is 17.4. The molecule has 1 aromatic heterocycles. The first-order valence-corrected chi connectivity index (χ1v) is 12.8. The number of amides is 2. The maximum Gasteiger partial charge on any atom is 0.274 e. The number of halogens is 1. The molecule has 8 heteroatoms. The maximum absolute atomic E-state index is 14.6. The summed E-state index contributed by atoms with van der Waals surface area (Å²) in [6, 6.07) is 8.92. The molecule has 1 aromatic carbocycles. The van der Waals surface area contributed by atoms with Gasteiger partial charge in [0.2, 0.25) is 0 Å². The molecule has 0 bridgehead atoms. The van der Waals surface area contributed by atoms with E-state index in [9.17, 15) is 14.0 Å². The van der Waals surface area contributed by atoms with E-state index < -0.39 is 11.7 Å². The highest BCUT2D eigenvalue weighted by Crippen LogP contribution is 2.23. The second-order valence-corrected chi connectivity index (χ2v) is 7.97. The zero-order valence-corrected chi connectivity index (χ0v) is 22.8. The third kappa shape index (κ3) is 8.70. The molecular weight excluding hydrogens is 481 g/mol. The van der Waals surface area contributed by atoms with Crippen LogP contribution in [0, 0.1) is 17.7 Å². The molecule has 1 saturated heterocycles. The standard InChI is InChI=1S/C27H31FN4O2.C2H6.CHN/c1-4-11-25(32-16-8-7-9-17-32)22(5-2)31-27(34)24-13-10-12-23(30-24)20-18-19(14-15-21(20)28)26(33)29-6-3;2*1-2/h4-5,10-15,18H,2,6-9,16-17H2,1,3H3,(H,29,33)(H,31,34);1-2H3;1H/b11-4-,25-22-;;. The Morgan fingerprint density at radius 2 is 1.82 bits per heavy atom. The van der Waals surface area contributed by atoms with E-state index >= 15 is 0 Å². The molecule has 1 fully saturated rings. The Bertz CT molecular complexity index is 1160. The van der Waals surface area contributed by atoms with E-state index in [1.807, 2.05) is 39.8 Å². The Balaban J connectivity index is 0.00000172. The number of hydrogen-bond donors (Lipinski definition) is 2. The molecule has 1 aliphatic rings. The summed E-state index contributed by atoms with van der Waals surface area (Å²) in [5.41, 5.74) is 2.39. The van der Waals surface area contributed by atoms with E-state index in [1.54, 1.807) is 24.3 Å². The first-order chi connectivity index (χ1) is 18.5. The van der Waals surface area contributed by atoms with Crippen molar-refractivity contribution in [2.75, 3.05) is 19.6 Å². The first-order valence-electron chi connectivity index (χ1n) is 12.8. The number of benzene rings is 1. The van der Waals surface area contributed by atoms with Crippen molar-refractivity contribution in [3.63, 3.8) is 0 Å². The highest BCUT2D eigenvalue weighted by molar-refractivity contribution is 5.96. The highest BCUT2D eigenvalue weighted by Gasteiger charge is 2.18. The predicted octanol–water partition coefficient (Wildman–Crippen LogP) is 5.99. The van der Waals surface area contributed by atoms with E-state index in [-0.39, 0.29) is 22.9 Å². The van der Waals surface area contributed by atoms with Crippen LogP contribution in [0.4, 0.5) is 4.39 Å². The largest absolute Gasteiger partial charge is 0.370 e. The number of hydrogen-bond acceptors (Lipinski definition) is 5. The molecule has 0 saturated carbocycles. The van der Waals surface area contributed by atoms with Gasteiger partial charge in [-0.15, -0.1) is 0 Å². The number of carbonyl (C=O) groups excluding carboxylic acids is 2. The number of aromatic nitrogens is 1. The quantitative estimate of drug-likeness (QED) is 0.417. The van der Waals surface area contributed by atoms with Gasteiger partial charge in [-0.1, -0.05) is 32.6 Å². The molecule has 2 amide bonds. The molecule has 0 atom stereocenters. The SMILES string of the molecule is C#N.C=C/C(NC(=O)c1cccc(-c2cc(C(=O)NCC)ccc2F)n1)=C(\C=C/C)N1CCCCC1.CC. The lowest BCUT2D eigenvalue weighted by Gasteiger charge is -2.31. The van der Waals surface area contributed by atoms with Gasteiger partial charge in [0.1, 0.15) is 11.5 Å². The lowest BCUT2D eigenvalue weighted by Crippen LogP contribution is -2.33. The summed E-state index contributed by atoms with van der Waals surface area (Å²) >= 11 is 0. The van der Waals surface area contributed by atoms with Crippen molar-refractivity contribution in [3.05, 3.63) is 89.7 Å². The second-order valence-electron chi connectivity index (χ2n) is 7.97.